The molecule has 3 rings (SSSR count). The second-order valence-electron chi connectivity index (χ2n) is 9.43. The number of carbonyl (C=O) groups is 1. The molecule has 1 spiro atoms. The van der Waals surface area contributed by atoms with Crippen molar-refractivity contribution in [3.8, 4) is 0 Å². The summed E-state index contributed by atoms with van der Waals surface area (Å²) in [6.45, 7) is 10.8. The first-order valence-electron chi connectivity index (χ1n) is 7.89. The Labute approximate surface area is 122 Å². The predicted octanol–water partition coefficient (Wildman–Crippen LogP) is 3.30. The van der Waals surface area contributed by atoms with Crippen molar-refractivity contribution >= 4 is 5.97 Å². The molecule has 0 aromatic rings. The van der Waals surface area contributed by atoms with Crippen molar-refractivity contribution in [1.82, 2.24) is 0 Å². The molecule has 3 fully saturated rings. The molecule has 0 aromatic carbocycles. The van der Waals surface area contributed by atoms with E-state index in [1.165, 1.54) is 0 Å². The molecule has 1 aliphatic heterocycles. The minimum absolute atomic E-state index is 0.0845. The van der Waals surface area contributed by atoms with Crippen LogP contribution in [0, 0.1) is 22.2 Å². The Hall–Kier alpha value is -0.570. The molecule has 114 valence electrons. The summed E-state index contributed by atoms with van der Waals surface area (Å²) in [6, 6.07) is 0. The van der Waals surface area contributed by atoms with Gasteiger partial charge in [-0.2, -0.15) is 0 Å². The molecule has 0 radical (unpaired) electrons. The molecule has 0 unspecified atom stereocenters. The Kier molecular flexibility index (Phi) is 2.72. The lowest BCUT2D eigenvalue weighted by Gasteiger charge is -2.40. The normalized spacial score (nSPS) is 49.2. The summed E-state index contributed by atoms with van der Waals surface area (Å²) >= 11 is 0. The lowest BCUT2D eigenvalue weighted by atomic mass is 9.68. The molecule has 20 heavy (non-hydrogen) atoms. The van der Waals surface area contributed by atoms with Gasteiger partial charge in [-0.25, -0.2) is 0 Å². The average Bonchev–Trinajstić information content (AvgIpc) is 2.55. The highest BCUT2D eigenvalue weighted by molar-refractivity contribution is 5.79. The zero-order valence-corrected chi connectivity index (χ0v) is 13.5. The summed E-state index contributed by atoms with van der Waals surface area (Å²) in [7, 11) is 0. The highest BCUT2D eigenvalue weighted by Crippen LogP contribution is 2.64. The maximum Gasteiger partial charge on any atom is 0.312 e. The van der Waals surface area contributed by atoms with Gasteiger partial charge in [-0.15, -0.1) is 0 Å². The fourth-order valence-corrected chi connectivity index (χ4v) is 5.68. The van der Waals surface area contributed by atoms with Gasteiger partial charge in [0.05, 0.1) is 11.5 Å². The van der Waals surface area contributed by atoms with Gasteiger partial charge in [0.1, 0.15) is 5.60 Å². The molecular formula is C17H28O3. The molecule has 3 nitrogen and oxygen atoms in total. The molecule has 1 N–H and O–H groups in total. The summed E-state index contributed by atoms with van der Waals surface area (Å²) in [4.78, 5) is 12.2. The van der Waals surface area contributed by atoms with Crippen molar-refractivity contribution in [2.45, 2.75) is 78.4 Å². The Morgan fingerprint density at radius 1 is 1.05 bits per heavy atom. The van der Waals surface area contributed by atoms with E-state index in [0.717, 1.165) is 32.1 Å². The van der Waals surface area contributed by atoms with E-state index in [9.17, 15) is 9.90 Å². The Morgan fingerprint density at radius 3 is 2.25 bits per heavy atom. The first-order valence-corrected chi connectivity index (χ1v) is 7.89. The van der Waals surface area contributed by atoms with E-state index in [2.05, 4.69) is 20.8 Å². The zero-order valence-electron chi connectivity index (χ0n) is 13.5. The van der Waals surface area contributed by atoms with Gasteiger partial charge in [0.15, 0.2) is 0 Å². The summed E-state index contributed by atoms with van der Waals surface area (Å²) in [5.41, 5.74) is -0.460. The number of esters is 1. The topological polar surface area (TPSA) is 46.5 Å². The van der Waals surface area contributed by atoms with Crippen LogP contribution in [0.5, 0.6) is 0 Å². The van der Waals surface area contributed by atoms with Crippen LogP contribution in [0.2, 0.25) is 0 Å². The van der Waals surface area contributed by atoms with Gasteiger partial charge in [0, 0.05) is 12.3 Å². The van der Waals surface area contributed by atoms with Gasteiger partial charge < -0.3 is 9.84 Å². The van der Waals surface area contributed by atoms with Gasteiger partial charge in [-0.05, 0) is 50.4 Å². The van der Waals surface area contributed by atoms with Gasteiger partial charge >= 0.3 is 5.97 Å². The number of aliphatic hydroxyl groups is 1. The van der Waals surface area contributed by atoms with Gasteiger partial charge in [-0.1, -0.05) is 20.8 Å². The van der Waals surface area contributed by atoms with Crippen molar-refractivity contribution < 1.29 is 14.6 Å². The number of rotatable bonds is 0. The molecule has 4 atom stereocenters. The molecule has 1 saturated heterocycles. The molecule has 0 aromatic heterocycles. The fraction of sp³-hybridized carbons (Fsp3) is 0.941. The Balaban J connectivity index is 1.97. The second kappa shape index (κ2) is 3.79. The van der Waals surface area contributed by atoms with E-state index in [-0.39, 0.29) is 28.8 Å². The van der Waals surface area contributed by atoms with Crippen LogP contribution in [-0.4, -0.2) is 22.8 Å². The van der Waals surface area contributed by atoms with E-state index in [0.29, 0.717) is 0 Å². The summed E-state index contributed by atoms with van der Waals surface area (Å²) in [6.07, 6.45) is 4.23. The first kappa shape index (κ1) is 14.4. The van der Waals surface area contributed by atoms with E-state index in [4.69, 9.17) is 4.74 Å². The highest BCUT2D eigenvalue weighted by Gasteiger charge is 2.65. The van der Waals surface area contributed by atoms with E-state index >= 15 is 0 Å². The molecular weight excluding hydrogens is 252 g/mol. The number of hydrogen-bond donors (Lipinski definition) is 1. The van der Waals surface area contributed by atoms with Gasteiger partial charge in [0.25, 0.3) is 0 Å². The molecule has 2 aliphatic carbocycles. The minimum atomic E-state index is -0.411. The fourth-order valence-electron chi connectivity index (χ4n) is 5.68. The van der Waals surface area contributed by atoms with Crippen molar-refractivity contribution in [3.63, 3.8) is 0 Å². The third-order valence-electron chi connectivity index (χ3n) is 5.84. The maximum absolute atomic E-state index is 12.2. The average molecular weight is 280 g/mol. The van der Waals surface area contributed by atoms with E-state index in [1.54, 1.807) is 0 Å². The maximum atomic E-state index is 12.2. The monoisotopic (exact) mass is 280 g/mol. The van der Waals surface area contributed by atoms with Gasteiger partial charge in [-0.3, -0.25) is 4.79 Å². The molecule has 3 heteroatoms. The van der Waals surface area contributed by atoms with Crippen LogP contribution >= 0.6 is 0 Å². The number of aliphatic hydroxyl groups excluding tert-OH is 1. The van der Waals surface area contributed by atoms with Crippen LogP contribution in [-0.2, 0) is 9.53 Å². The largest absolute Gasteiger partial charge is 0.458 e. The van der Waals surface area contributed by atoms with Crippen LogP contribution < -0.4 is 0 Å². The molecule has 0 amide bonds. The molecule has 2 saturated carbocycles. The van der Waals surface area contributed by atoms with Crippen molar-refractivity contribution in [1.29, 1.82) is 0 Å². The number of carbonyl (C=O) groups excluding carboxylic acids is 1. The molecule has 3 aliphatic rings. The SMILES string of the molecule is CC1(C)C[C@@H](O)[C@H]2C[C@@](C)(C1)C[C@]21CC(C)(C)C(=O)O1. The lowest BCUT2D eigenvalue weighted by Crippen LogP contribution is -2.43. The predicted molar refractivity (Wildman–Crippen MR) is 77.1 cm³/mol. The third-order valence-corrected chi connectivity index (χ3v) is 5.84. The Bertz CT molecular complexity index is 453. The smallest absolute Gasteiger partial charge is 0.312 e. The number of ether oxygens (including phenoxy) is 1. The zero-order chi connectivity index (χ0) is 15.0. The first-order chi connectivity index (χ1) is 8.97. The van der Waals surface area contributed by atoms with Crippen LogP contribution in [0.3, 0.4) is 0 Å². The van der Waals surface area contributed by atoms with Crippen LogP contribution in [0.25, 0.3) is 0 Å². The quantitative estimate of drug-likeness (QED) is 0.693. The molecule has 2 bridgehead atoms. The molecule has 1 heterocycles. The third kappa shape index (κ3) is 2.01. The second-order valence-corrected chi connectivity index (χ2v) is 9.43. The Morgan fingerprint density at radius 2 is 1.70 bits per heavy atom. The van der Waals surface area contributed by atoms with Crippen LogP contribution in [0.15, 0.2) is 0 Å². The standard InChI is InChI=1S/C17H28O3/c1-14(2)7-12(18)11-6-16(5,8-14)10-17(11)9-15(3,4)13(19)20-17/h11-12,18H,6-10H2,1-5H3/t11-,12-,16+,17-/m1/s1. The van der Waals surface area contributed by atoms with Crippen LogP contribution in [0.4, 0.5) is 0 Å². The van der Waals surface area contributed by atoms with Crippen LogP contribution in [0.1, 0.15) is 66.7 Å². The van der Waals surface area contributed by atoms with Gasteiger partial charge in [0.2, 0.25) is 0 Å². The van der Waals surface area contributed by atoms with E-state index < -0.39 is 11.0 Å². The minimum Gasteiger partial charge on any atom is -0.458 e. The highest BCUT2D eigenvalue weighted by atomic mass is 16.6. The van der Waals surface area contributed by atoms with Crippen molar-refractivity contribution in [2.24, 2.45) is 22.2 Å². The number of hydrogen-bond acceptors (Lipinski definition) is 3. The van der Waals surface area contributed by atoms with E-state index in [1.807, 2.05) is 13.8 Å². The van der Waals surface area contributed by atoms with Crippen molar-refractivity contribution in [3.05, 3.63) is 0 Å². The lowest BCUT2D eigenvalue weighted by molar-refractivity contribution is -0.159. The summed E-state index contributed by atoms with van der Waals surface area (Å²) < 4.78 is 5.90. The number of fused-ring (bicyclic) bond motifs is 3. The summed E-state index contributed by atoms with van der Waals surface area (Å²) in [5, 5.41) is 10.7. The van der Waals surface area contributed by atoms with Crippen molar-refractivity contribution in [2.75, 3.05) is 0 Å². The summed E-state index contributed by atoms with van der Waals surface area (Å²) in [5.74, 6) is 0.0267.